The quantitative estimate of drug-likeness (QED) is 0.859. The van der Waals surface area contributed by atoms with Crippen molar-refractivity contribution in [1.82, 2.24) is 15.6 Å². The Balaban J connectivity index is 1.47. The lowest BCUT2D eigenvalue weighted by Gasteiger charge is -2.40. The number of nitrogens with one attached hydrogen (secondary N) is 2. The number of ether oxygens (including phenoxy) is 1. The normalized spacial score (nSPS) is 15.7. The zero-order valence-corrected chi connectivity index (χ0v) is 13.2. The fourth-order valence-corrected chi connectivity index (χ4v) is 2.60. The fraction of sp³-hybridized carbons (Fsp3) is 0.412. The van der Waals surface area contributed by atoms with Crippen LogP contribution in [0, 0.1) is 0 Å². The summed E-state index contributed by atoms with van der Waals surface area (Å²) < 4.78 is 10.9. The van der Waals surface area contributed by atoms with Crippen LogP contribution in [0.15, 0.2) is 41.0 Å². The molecule has 2 amide bonds. The van der Waals surface area contributed by atoms with Gasteiger partial charge in [0, 0.05) is 19.2 Å². The van der Waals surface area contributed by atoms with Crippen LogP contribution in [0.4, 0.5) is 4.79 Å². The Hall–Kier alpha value is -2.34. The van der Waals surface area contributed by atoms with Crippen LogP contribution in [0.25, 0.3) is 11.5 Å². The van der Waals surface area contributed by atoms with Crippen molar-refractivity contribution in [3.05, 3.63) is 42.3 Å². The third-order valence-corrected chi connectivity index (χ3v) is 4.27. The summed E-state index contributed by atoms with van der Waals surface area (Å²) in [7, 11) is 1.69. The van der Waals surface area contributed by atoms with Gasteiger partial charge >= 0.3 is 6.03 Å². The summed E-state index contributed by atoms with van der Waals surface area (Å²) in [5.74, 6) is 0.551. The lowest BCUT2D eigenvalue weighted by atomic mass is 9.80. The Bertz CT molecular complexity index is 645. The van der Waals surface area contributed by atoms with Gasteiger partial charge in [-0.15, -0.1) is 0 Å². The molecule has 1 aliphatic carbocycles. The van der Waals surface area contributed by atoms with Crippen LogP contribution >= 0.6 is 0 Å². The van der Waals surface area contributed by atoms with Crippen molar-refractivity contribution in [3.63, 3.8) is 0 Å². The molecule has 0 bridgehead atoms. The third-order valence-electron chi connectivity index (χ3n) is 4.27. The molecule has 0 aliphatic heterocycles. The molecule has 0 unspecified atom stereocenters. The molecule has 0 radical (unpaired) electrons. The summed E-state index contributed by atoms with van der Waals surface area (Å²) in [4.78, 5) is 16.2. The average molecular weight is 315 g/mol. The van der Waals surface area contributed by atoms with Crippen molar-refractivity contribution in [2.45, 2.75) is 31.4 Å². The Morgan fingerprint density at radius 3 is 2.74 bits per heavy atom. The van der Waals surface area contributed by atoms with E-state index in [1.807, 2.05) is 30.3 Å². The Morgan fingerprint density at radius 2 is 2.09 bits per heavy atom. The van der Waals surface area contributed by atoms with E-state index >= 15 is 0 Å². The second kappa shape index (κ2) is 6.83. The summed E-state index contributed by atoms with van der Waals surface area (Å²) in [5.41, 5.74) is 1.42. The lowest BCUT2D eigenvalue weighted by molar-refractivity contribution is -0.0674. The minimum atomic E-state index is -0.224. The number of rotatable bonds is 6. The molecule has 23 heavy (non-hydrogen) atoms. The Morgan fingerprint density at radius 1 is 1.30 bits per heavy atom. The predicted molar refractivity (Wildman–Crippen MR) is 85.8 cm³/mol. The lowest BCUT2D eigenvalue weighted by Crippen LogP contribution is -2.51. The maximum Gasteiger partial charge on any atom is 0.315 e. The first-order valence-electron chi connectivity index (χ1n) is 7.77. The van der Waals surface area contributed by atoms with Gasteiger partial charge in [0.2, 0.25) is 5.89 Å². The van der Waals surface area contributed by atoms with Crippen LogP contribution in [-0.2, 0) is 11.3 Å². The van der Waals surface area contributed by atoms with Gasteiger partial charge in [0.05, 0.1) is 17.8 Å². The zero-order chi connectivity index (χ0) is 16.1. The highest BCUT2D eigenvalue weighted by Crippen LogP contribution is 2.34. The number of carbonyl (C=O) groups is 1. The molecule has 0 saturated heterocycles. The first-order chi connectivity index (χ1) is 11.2. The van der Waals surface area contributed by atoms with Crippen LogP contribution in [0.5, 0.6) is 0 Å². The van der Waals surface area contributed by atoms with Gasteiger partial charge in [-0.3, -0.25) is 0 Å². The number of hydrogen-bond acceptors (Lipinski definition) is 4. The van der Waals surface area contributed by atoms with E-state index in [0.717, 1.165) is 24.8 Å². The summed E-state index contributed by atoms with van der Waals surface area (Å²) in [5, 5.41) is 5.63. The summed E-state index contributed by atoms with van der Waals surface area (Å²) in [6.07, 6.45) is 4.70. The van der Waals surface area contributed by atoms with E-state index < -0.39 is 0 Å². The zero-order valence-electron chi connectivity index (χ0n) is 13.2. The molecule has 1 aromatic carbocycles. The van der Waals surface area contributed by atoms with Crippen LogP contribution in [-0.4, -0.2) is 30.3 Å². The smallest absolute Gasteiger partial charge is 0.315 e. The number of carbonyl (C=O) groups excluding carboxylic acids is 1. The summed E-state index contributed by atoms with van der Waals surface area (Å²) >= 11 is 0. The van der Waals surface area contributed by atoms with Crippen molar-refractivity contribution in [2.24, 2.45) is 0 Å². The molecule has 1 aromatic heterocycles. The van der Waals surface area contributed by atoms with Crippen molar-refractivity contribution in [3.8, 4) is 11.5 Å². The van der Waals surface area contributed by atoms with Crippen molar-refractivity contribution in [1.29, 1.82) is 0 Å². The minimum absolute atomic E-state index is 0.175. The first kappa shape index (κ1) is 15.6. The van der Waals surface area contributed by atoms with Crippen molar-refractivity contribution < 1.29 is 13.9 Å². The second-order valence-electron chi connectivity index (χ2n) is 5.79. The number of urea groups is 1. The maximum absolute atomic E-state index is 11.9. The largest absolute Gasteiger partial charge is 0.444 e. The number of hydrogen-bond donors (Lipinski definition) is 2. The first-order valence-corrected chi connectivity index (χ1v) is 7.77. The van der Waals surface area contributed by atoms with E-state index in [1.165, 1.54) is 0 Å². The van der Waals surface area contributed by atoms with Gasteiger partial charge in [-0.1, -0.05) is 18.2 Å². The number of amides is 2. The molecule has 1 aliphatic rings. The summed E-state index contributed by atoms with van der Waals surface area (Å²) in [6.45, 7) is 0.853. The fourth-order valence-electron chi connectivity index (χ4n) is 2.60. The highest BCUT2D eigenvalue weighted by atomic mass is 16.5. The number of nitrogens with zero attached hydrogens (tertiary/aromatic N) is 1. The van der Waals surface area contributed by atoms with E-state index in [9.17, 15) is 4.79 Å². The average Bonchev–Trinajstić information content (AvgIpc) is 3.02. The van der Waals surface area contributed by atoms with Gasteiger partial charge in [-0.25, -0.2) is 9.78 Å². The molecule has 122 valence electrons. The van der Waals surface area contributed by atoms with Crippen molar-refractivity contribution >= 4 is 6.03 Å². The molecule has 2 aromatic rings. The molecule has 6 nitrogen and oxygen atoms in total. The van der Waals surface area contributed by atoms with Gasteiger partial charge in [-0.2, -0.15) is 0 Å². The highest BCUT2D eigenvalue weighted by Gasteiger charge is 2.37. The van der Waals surface area contributed by atoms with Gasteiger partial charge in [0.15, 0.2) is 0 Å². The topological polar surface area (TPSA) is 76.4 Å². The second-order valence-corrected chi connectivity index (χ2v) is 5.79. The molecule has 1 heterocycles. The number of methoxy groups -OCH3 is 1. The predicted octanol–water partition coefficient (Wildman–Crippen LogP) is 2.71. The van der Waals surface area contributed by atoms with Gasteiger partial charge in [0.25, 0.3) is 0 Å². The SMILES string of the molecule is COC1(CNC(=O)NCc2coc(-c3ccccc3)n2)CCC1. The molecule has 6 heteroatoms. The van der Waals surface area contributed by atoms with E-state index in [2.05, 4.69) is 15.6 Å². The number of oxazole rings is 1. The van der Waals surface area contributed by atoms with E-state index in [-0.39, 0.29) is 11.6 Å². The third kappa shape index (κ3) is 3.71. The maximum atomic E-state index is 11.9. The summed E-state index contributed by atoms with van der Waals surface area (Å²) in [6, 6.07) is 9.43. The molecular formula is C17H21N3O3. The molecule has 3 rings (SSSR count). The molecule has 2 N–H and O–H groups in total. The van der Waals surface area contributed by atoms with Crippen molar-refractivity contribution in [2.75, 3.05) is 13.7 Å². The minimum Gasteiger partial charge on any atom is -0.444 e. The van der Waals surface area contributed by atoms with Gasteiger partial charge in [0.1, 0.15) is 6.26 Å². The van der Waals surface area contributed by atoms with Crippen LogP contribution in [0.1, 0.15) is 25.0 Å². The van der Waals surface area contributed by atoms with E-state index in [1.54, 1.807) is 13.4 Å². The van der Waals surface area contributed by atoms with E-state index in [0.29, 0.717) is 24.7 Å². The Labute approximate surface area is 135 Å². The molecule has 0 spiro atoms. The van der Waals surface area contributed by atoms with Gasteiger partial charge < -0.3 is 19.8 Å². The molecular weight excluding hydrogens is 294 g/mol. The van der Waals surface area contributed by atoms with Crippen LogP contribution in [0.2, 0.25) is 0 Å². The monoisotopic (exact) mass is 315 g/mol. The van der Waals surface area contributed by atoms with Crippen LogP contribution in [0.3, 0.4) is 0 Å². The van der Waals surface area contributed by atoms with Gasteiger partial charge in [-0.05, 0) is 31.4 Å². The molecule has 0 atom stereocenters. The molecule has 1 saturated carbocycles. The number of aromatic nitrogens is 1. The standard InChI is InChI=1S/C17H21N3O3/c1-22-17(8-5-9-17)12-19-16(21)18-10-14-11-23-15(20-14)13-6-3-2-4-7-13/h2-4,6-7,11H,5,8-10,12H2,1H3,(H2,18,19,21). The highest BCUT2D eigenvalue weighted by molar-refractivity contribution is 5.73. The molecule has 1 fully saturated rings. The number of benzene rings is 1. The van der Waals surface area contributed by atoms with Crippen LogP contribution < -0.4 is 10.6 Å². The van der Waals surface area contributed by atoms with E-state index in [4.69, 9.17) is 9.15 Å². The Kier molecular flexibility index (Phi) is 4.62.